The van der Waals surface area contributed by atoms with E-state index in [9.17, 15) is 9.59 Å². The van der Waals surface area contributed by atoms with Crippen LogP contribution in [-0.4, -0.2) is 43.0 Å². The van der Waals surface area contributed by atoms with E-state index in [1.165, 1.54) is 5.56 Å². The van der Waals surface area contributed by atoms with Gasteiger partial charge < -0.3 is 11.1 Å². The maximum atomic E-state index is 12.1. The molecule has 0 radical (unpaired) electrons. The molecule has 3 amide bonds. The Balaban J connectivity index is 0.00000338. The highest BCUT2D eigenvalue weighted by Gasteiger charge is 2.13. The number of carbonyl (C=O) groups is 2. The minimum Gasteiger partial charge on any atom is -0.329 e. The first-order valence-electron chi connectivity index (χ1n) is 8.29. The molecular weight excluding hydrogens is 352 g/mol. The smallest absolute Gasteiger partial charge is 0.325 e. The summed E-state index contributed by atoms with van der Waals surface area (Å²) in [7, 11) is 0. The molecule has 0 bridgehead atoms. The number of hydrogen-bond donors (Lipinski definition) is 3. The maximum Gasteiger partial charge on any atom is 0.325 e. The van der Waals surface area contributed by atoms with Crippen LogP contribution in [0, 0.1) is 0 Å². The molecule has 140 valence electrons. The van der Waals surface area contributed by atoms with E-state index in [1.54, 1.807) is 12.1 Å². The lowest BCUT2D eigenvalue weighted by atomic mass is 10.1. The lowest BCUT2D eigenvalue weighted by Gasteiger charge is -2.20. The number of halogens is 1. The second kappa shape index (κ2) is 12.0. The van der Waals surface area contributed by atoms with Crippen LogP contribution >= 0.6 is 12.4 Å². The highest BCUT2D eigenvalue weighted by Crippen LogP contribution is 2.04. The van der Waals surface area contributed by atoms with Gasteiger partial charge in [-0.05, 0) is 24.1 Å². The van der Waals surface area contributed by atoms with Crippen molar-refractivity contribution in [2.24, 2.45) is 5.73 Å². The second-order valence-electron chi connectivity index (χ2n) is 5.67. The number of hydrogen-bond acceptors (Lipinski definition) is 4. The number of carbonyl (C=O) groups excluding carboxylic acids is 2. The molecule has 0 aliphatic heterocycles. The molecule has 0 spiro atoms. The van der Waals surface area contributed by atoms with Crippen LogP contribution in [0.4, 0.5) is 10.5 Å². The van der Waals surface area contributed by atoms with E-state index in [4.69, 9.17) is 5.73 Å². The molecule has 2 aromatic rings. The molecule has 0 aromatic heterocycles. The van der Waals surface area contributed by atoms with Gasteiger partial charge in [0.2, 0.25) is 5.91 Å². The molecule has 0 aliphatic rings. The Morgan fingerprint density at radius 2 is 1.54 bits per heavy atom. The first-order chi connectivity index (χ1) is 12.2. The van der Waals surface area contributed by atoms with Crippen molar-refractivity contribution in [3.63, 3.8) is 0 Å². The number of anilines is 1. The Morgan fingerprint density at radius 1 is 0.923 bits per heavy atom. The van der Waals surface area contributed by atoms with Crippen molar-refractivity contribution in [3.05, 3.63) is 66.2 Å². The van der Waals surface area contributed by atoms with Crippen LogP contribution in [-0.2, 0) is 11.2 Å². The van der Waals surface area contributed by atoms with Crippen molar-refractivity contribution in [3.8, 4) is 0 Å². The second-order valence-corrected chi connectivity index (χ2v) is 5.67. The van der Waals surface area contributed by atoms with Gasteiger partial charge in [-0.3, -0.25) is 15.0 Å². The van der Waals surface area contributed by atoms with E-state index in [1.807, 2.05) is 53.4 Å². The largest absolute Gasteiger partial charge is 0.329 e. The van der Waals surface area contributed by atoms with Crippen LogP contribution in [0.3, 0.4) is 0 Å². The quantitative estimate of drug-likeness (QED) is 0.659. The fourth-order valence-corrected chi connectivity index (χ4v) is 2.44. The molecular formula is C19H25ClN4O2. The van der Waals surface area contributed by atoms with E-state index < -0.39 is 6.03 Å². The minimum absolute atomic E-state index is 0. The van der Waals surface area contributed by atoms with E-state index in [-0.39, 0.29) is 24.9 Å². The number of urea groups is 1. The molecule has 0 atom stereocenters. The van der Waals surface area contributed by atoms with Crippen LogP contribution in [0.15, 0.2) is 60.7 Å². The Kier molecular flexibility index (Phi) is 10.0. The van der Waals surface area contributed by atoms with Crippen LogP contribution in [0.1, 0.15) is 5.56 Å². The number of para-hydroxylation sites is 1. The van der Waals surface area contributed by atoms with Gasteiger partial charge in [-0.25, -0.2) is 4.79 Å². The van der Waals surface area contributed by atoms with Gasteiger partial charge in [-0.1, -0.05) is 48.5 Å². The van der Waals surface area contributed by atoms with Crippen LogP contribution in [0.5, 0.6) is 0 Å². The van der Waals surface area contributed by atoms with Crippen molar-refractivity contribution >= 4 is 30.0 Å². The fourth-order valence-electron chi connectivity index (χ4n) is 2.44. The van der Waals surface area contributed by atoms with E-state index >= 15 is 0 Å². The van der Waals surface area contributed by atoms with Gasteiger partial charge in [0.25, 0.3) is 0 Å². The summed E-state index contributed by atoms with van der Waals surface area (Å²) in [6.07, 6.45) is 0.824. The average Bonchev–Trinajstić information content (AvgIpc) is 2.61. The lowest BCUT2D eigenvalue weighted by Crippen LogP contribution is -2.43. The molecule has 6 nitrogen and oxygen atoms in total. The Bertz CT molecular complexity index is 668. The summed E-state index contributed by atoms with van der Waals surface area (Å²) >= 11 is 0. The summed E-state index contributed by atoms with van der Waals surface area (Å²) in [6, 6.07) is 18.5. The summed E-state index contributed by atoms with van der Waals surface area (Å²) in [4.78, 5) is 25.9. The number of nitrogens with one attached hydrogen (secondary N) is 2. The zero-order valence-electron chi connectivity index (χ0n) is 14.6. The molecule has 0 heterocycles. The SMILES string of the molecule is Cl.NCCN(CCc1ccccc1)CC(=O)NC(=O)Nc1ccccc1. The molecule has 0 saturated carbocycles. The van der Waals surface area contributed by atoms with Gasteiger partial charge in [0.1, 0.15) is 0 Å². The Morgan fingerprint density at radius 3 is 2.15 bits per heavy atom. The van der Waals surface area contributed by atoms with Gasteiger partial charge in [-0.15, -0.1) is 12.4 Å². The lowest BCUT2D eigenvalue weighted by molar-refractivity contribution is -0.121. The zero-order valence-corrected chi connectivity index (χ0v) is 15.4. The van der Waals surface area contributed by atoms with Crippen LogP contribution < -0.4 is 16.4 Å². The fraction of sp³-hybridized carbons (Fsp3) is 0.263. The normalized spacial score (nSPS) is 10.1. The van der Waals surface area contributed by atoms with Gasteiger partial charge in [0.15, 0.2) is 0 Å². The number of amides is 3. The first-order valence-corrected chi connectivity index (χ1v) is 8.29. The van der Waals surface area contributed by atoms with E-state index in [2.05, 4.69) is 10.6 Å². The molecule has 7 heteroatoms. The standard InChI is InChI=1S/C19H24N4O2.ClH/c20-12-14-23(13-11-16-7-3-1-4-8-16)15-18(24)22-19(25)21-17-9-5-2-6-10-17;/h1-10H,11-15,20H2,(H2,21,22,24,25);1H. The Hall–Kier alpha value is -2.41. The predicted octanol–water partition coefficient (Wildman–Crippen LogP) is 2.26. The Labute approximate surface area is 160 Å². The van der Waals surface area contributed by atoms with E-state index in [0.29, 0.717) is 25.3 Å². The van der Waals surface area contributed by atoms with Crippen molar-refractivity contribution in [1.82, 2.24) is 10.2 Å². The highest BCUT2D eigenvalue weighted by molar-refractivity contribution is 6.01. The third-order valence-corrected chi connectivity index (χ3v) is 3.66. The van der Waals surface area contributed by atoms with Crippen molar-refractivity contribution in [2.75, 3.05) is 31.5 Å². The van der Waals surface area contributed by atoms with Crippen molar-refractivity contribution < 1.29 is 9.59 Å². The van der Waals surface area contributed by atoms with Crippen LogP contribution in [0.2, 0.25) is 0 Å². The highest BCUT2D eigenvalue weighted by atomic mass is 35.5. The van der Waals surface area contributed by atoms with Crippen molar-refractivity contribution in [2.45, 2.75) is 6.42 Å². The summed E-state index contributed by atoms with van der Waals surface area (Å²) in [5, 5.41) is 4.97. The number of imide groups is 1. The zero-order chi connectivity index (χ0) is 17.9. The van der Waals surface area contributed by atoms with Crippen molar-refractivity contribution in [1.29, 1.82) is 0 Å². The molecule has 0 fully saturated rings. The third-order valence-electron chi connectivity index (χ3n) is 3.66. The number of nitrogens with zero attached hydrogens (tertiary/aromatic N) is 1. The number of nitrogens with two attached hydrogens (primary N) is 1. The predicted molar refractivity (Wildman–Crippen MR) is 106 cm³/mol. The summed E-state index contributed by atoms with van der Waals surface area (Å²) in [6.45, 7) is 1.89. The van der Waals surface area contributed by atoms with Gasteiger partial charge in [-0.2, -0.15) is 0 Å². The topological polar surface area (TPSA) is 87.5 Å². The van der Waals surface area contributed by atoms with Gasteiger partial charge >= 0.3 is 6.03 Å². The summed E-state index contributed by atoms with van der Waals surface area (Å²) in [5.74, 6) is -0.352. The average molecular weight is 377 g/mol. The monoisotopic (exact) mass is 376 g/mol. The third kappa shape index (κ3) is 8.11. The molecule has 2 aromatic carbocycles. The maximum absolute atomic E-state index is 12.1. The summed E-state index contributed by atoms with van der Waals surface area (Å²) in [5.41, 5.74) is 7.46. The molecule has 0 aliphatic carbocycles. The number of rotatable bonds is 8. The minimum atomic E-state index is -0.535. The molecule has 4 N–H and O–H groups in total. The number of benzene rings is 2. The van der Waals surface area contributed by atoms with Crippen LogP contribution in [0.25, 0.3) is 0 Å². The first kappa shape index (κ1) is 21.6. The van der Waals surface area contributed by atoms with E-state index in [0.717, 1.165) is 6.42 Å². The molecule has 0 unspecified atom stereocenters. The van der Waals surface area contributed by atoms with Gasteiger partial charge in [0, 0.05) is 25.3 Å². The molecule has 2 rings (SSSR count). The molecule has 0 saturated heterocycles. The summed E-state index contributed by atoms with van der Waals surface area (Å²) < 4.78 is 0. The van der Waals surface area contributed by atoms with Gasteiger partial charge in [0.05, 0.1) is 6.54 Å². The molecule has 26 heavy (non-hydrogen) atoms.